The Hall–Kier alpha value is -1.46. The number of benzene rings is 1. The molecule has 1 amide bonds. The van der Waals surface area contributed by atoms with E-state index in [1.54, 1.807) is 25.3 Å². The van der Waals surface area contributed by atoms with Crippen molar-refractivity contribution < 1.29 is 14.3 Å². The van der Waals surface area contributed by atoms with Crippen molar-refractivity contribution in [3.8, 4) is 11.5 Å². The van der Waals surface area contributed by atoms with Gasteiger partial charge in [-0.3, -0.25) is 4.79 Å². The van der Waals surface area contributed by atoms with Crippen molar-refractivity contribution in [2.45, 2.75) is 20.0 Å². The molecule has 0 unspecified atom stereocenters. The number of methoxy groups -OCH3 is 1. The fourth-order valence-electron chi connectivity index (χ4n) is 2.20. The first-order valence-corrected chi connectivity index (χ1v) is 6.96. The van der Waals surface area contributed by atoms with Crippen LogP contribution in [0.4, 0.5) is 0 Å². The summed E-state index contributed by atoms with van der Waals surface area (Å²) in [6.45, 7) is 7.09. The van der Waals surface area contributed by atoms with Crippen molar-refractivity contribution in [2.75, 3.05) is 33.3 Å². The number of carbonyl (C=O) groups is 1. The number of nitrogens with one attached hydrogen (secondary N) is 1. The van der Waals surface area contributed by atoms with E-state index in [0.29, 0.717) is 17.1 Å². The summed E-state index contributed by atoms with van der Waals surface area (Å²) in [6, 6.07) is 5.35. The summed E-state index contributed by atoms with van der Waals surface area (Å²) in [7, 11) is 1.58. The molecular weight excluding hydrogens is 292 g/mol. The summed E-state index contributed by atoms with van der Waals surface area (Å²) in [5, 5.41) is 3.24. The maximum absolute atomic E-state index is 12.4. The van der Waals surface area contributed by atoms with Crippen LogP contribution in [0.5, 0.6) is 11.5 Å². The van der Waals surface area contributed by atoms with Gasteiger partial charge in [0.25, 0.3) is 5.91 Å². The maximum atomic E-state index is 12.4. The van der Waals surface area contributed by atoms with Crippen LogP contribution in [0.3, 0.4) is 0 Å². The van der Waals surface area contributed by atoms with Gasteiger partial charge in [0.2, 0.25) is 0 Å². The zero-order valence-electron chi connectivity index (χ0n) is 12.7. The molecule has 0 aromatic heterocycles. The van der Waals surface area contributed by atoms with Gasteiger partial charge in [-0.25, -0.2) is 0 Å². The SMILES string of the molecule is COc1cc(C(=O)N2CCNCC2)ccc1OC(C)C.Cl. The first-order chi connectivity index (χ1) is 9.61. The van der Waals surface area contributed by atoms with Crippen LogP contribution < -0.4 is 14.8 Å². The second-order valence-electron chi connectivity index (χ2n) is 5.07. The summed E-state index contributed by atoms with van der Waals surface area (Å²) in [4.78, 5) is 14.3. The molecular formula is C15H23ClN2O3. The van der Waals surface area contributed by atoms with Crippen LogP contribution in [0.2, 0.25) is 0 Å². The molecule has 0 saturated carbocycles. The molecule has 0 spiro atoms. The number of carbonyl (C=O) groups excluding carboxylic acids is 1. The molecule has 6 heteroatoms. The largest absolute Gasteiger partial charge is 0.493 e. The van der Waals surface area contributed by atoms with Crippen LogP contribution in [-0.2, 0) is 0 Å². The minimum absolute atomic E-state index is 0. The van der Waals surface area contributed by atoms with Gasteiger partial charge in [-0.15, -0.1) is 12.4 Å². The summed E-state index contributed by atoms with van der Waals surface area (Å²) in [6.07, 6.45) is 0.0682. The Balaban J connectivity index is 0.00000220. The monoisotopic (exact) mass is 314 g/mol. The molecule has 2 rings (SSSR count). The Morgan fingerprint density at radius 3 is 2.48 bits per heavy atom. The van der Waals surface area contributed by atoms with Crippen LogP contribution in [-0.4, -0.2) is 50.2 Å². The van der Waals surface area contributed by atoms with E-state index in [4.69, 9.17) is 9.47 Å². The second kappa shape index (κ2) is 8.10. The van der Waals surface area contributed by atoms with E-state index in [2.05, 4.69) is 5.32 Å². The lowest BCUT2D eigenvalue weighted by atomic mass is 10.1. The third-order valence-electron chi connectivity index (χ3n) is 3.18. The minimum Gasteiger partial charge on any atom is -0.493 e. The van der Waals surface area contributed by atoms with E-state index >= 15 is 0 Å². The van der Waals surface area contributed by atoms with Crippen molar-refractivity contribution in [2.24, 2.45) is 0 Å². The van der Waals surface area contributed by atoms with Crippen LogP contribution >= 0.6 is 12.4 Å². The topological polar surface area (TPSA) is 50.8 Å². The molecule has 1 N–H and O–H groups in total. The highest BCUT2D eigenvalue weighted by atomic mass is 35.5. The first-order valence-electron chi connectivity index (χ1n) is 6.96. The fourth-order valence-corrected chi connectivity index (χ4v) is 2.20. The predicted octanol–water partition coefficient (Wildman–Crippen LogP) is 1.95. The highest BCUT2D eigenvalue weighted by Gasteiger charge is 2.19. The van der Waals surface area contributed by atoms with Crippen molar-refractivity contribution in [3.63, 3.8) is 0 Å². The minimum atomic E-state index is 0. The van der Waals surface area contributed by atoms with Crippen molar-refractivity contribution in [1.82, 2.24) is 10.2 Å². The molecule has 1 aromatic rings. The van der Waals surface area contributed by atoms with Gasteiger partial charge in [-0.1, -0.05) is 0 Å². The summed E-state index contributed by atoms with van der Waals surface area (Å²) in [5.41, 5.74) is 0.639. The molecule has 1 aromatic carbocycles. The standard InChI is InChI=1S/C15H22N2O3.ClH/c1-11(2)20-13-5-4-12(10-14(13)19-3)15(18)17-8-6-16-7-9-17;/h4-5,10-11,16H,6-9H2,1-3H3;1H. The van der Waals surface area contributed by atoms with Crippen molar-refractivity contribution in [3.05, 3.63) is 23.8 Å². The Bertz CT molecular complexity index is 474. The van der Waals surface area contributed by atoms with E-state index in [9.17, 15) is 4.79 Å². The van der Waals surface area contributed by atoms with Crippen molar-refractivity contribution in [1.29, 1.82) is 0 Å². The Morgan fingerprint density at radius 2 is 1.90 bits per heavy atom. The maximum Gasteiger partial charge on any atom is 0.254 e. The molecule has 0 atom stereocenters. The number of rotatable bonds is 4. The van der Waals surface area contributed by atoms with E-state index < -0.39 is 0 Å². The van der Waals surface area contributed by atoms with E-state index in [0.717, 1.165) is 26.2 Å². The number of hydrogen-bond acceptors (Lipinski definition) is 4. The van der Waals surface area contributed by atoms with Gasteiger partial charge < -0.3 is 19.7 Å². The van der Waals surface area contributed by atoms with Gasteiger partial charge in [-0.05, 0) is 32.0 Å². The molecule has 1 aliphatic heterocycles. The summed E-state index contributed by atoms with van der Waals surface area (Å²) in [5.74, 6) is 1.31. The number of nitrogens with zero attached hydrogens (tertiary/aromatic N) is 1. The average Bonchev–Trinajstić information content (AvgIpc) is 2.47. The van der Waals surface area contributed by atoms with Gasteiger partial charge in [0.05, 0.1) is 13.2 Å². The normalized spacial score (nSPS) is 14.6. The molecule has 1 fully saturated rings. The van der Waals surface area contributed by atoms with Gasteiger partial charge in [0.15, 0.2) is 11.5 Å². The summed E-state index contributed by atoms with van der Waals surface area (Å²) < 4.78 is 11.0. The van der Waals surface area contributed by atoms with Gasteiger partial charge >= 0.3 is 0 Å². The smallest absolute Gasteiger partial charge is 0.254 e. The second-order valence-corrected chi connectivity index (χ2v) is 5.07. The summed E-state index contributed by atoms with van der Waals surface area (Å²) >= 11 is 0. The zero-order valence-corrected chi connectivity index (χ0v) is 13.5. The van der Waals surface area contributed by atoms with E-state index in [1.807, 2.05) is 18.7 Å². The highest BCUT2D eigenvalue weighted by Crippen LogP contribution is 2.29. The molecule has 0 aliphatic carbocycles. The first kappa shape index (κ1) is 17.6. The van der Waals surface area contributed by atoms with Gasteiger partial charge in [0.1, 0.15) is 0 Å². The molecule has 1 saturated heterocycles. The van der Waals surface area contributed by atoms with Crippen LogP contribution in [0, 0.1) is 0 Å². The Morgan fingerprint density at radius 1 is 1.24 bits per heavy atom. The van der Waals surface area contributed by atoms with Gasteiger partial charge in [-0.2, -0.15) is 0 Å². The number of amides is 1. The highest BCUT2D eigenvalue weighted by molar-refractivity contribution is 5.95. The Kier molecular flexibility index (Phi) is 6.78. The molecule has 1 aliphatic rings. The molecule has 21 heavy (non-hydrogen) atoms. The van der Waals surface area contributed by atoms with Crippen LogP contribution in [0.1, 0.15) is 24.2 Å². The van der Waals surface area contributed by atoms with E-state index in [-0.39, 0.29) is 24.4 Å². The number of hydrogen-bond donors (Lipinski definition) is 1. The Labute approximate surface area is 132 Å². The van der Waals surface area contributed by atoms with Crippen molar-refractivity contribution >= 4 is 18.3 Å². The number of piperazine rings is 1. The molecule has 1 heterocycles. The van der Waals surface area contributed by atoms with Gasteiger partial charge in [0, 0.05) is 31.7 Å². The lowest BCUT2D eigenvalue weighted by Crippen LogP contribution is -2.46. The van der Waals surface area contributed by atoms with Crippen LogP contribution in [0.15, 0.2) is 18.2 Å². The number of ether oxygens (including phenoxy) is 2. The van der Waals surface area contributed by atoms with Crippen LogP contribution in [0.25, 0.3) is 0 Å². The lowest BCUT2D eigenvalue weighted by Gasteiger charge is -2.27. The average molecular weight is 315 g/mol. The predicted molar refractivity (Wildman–Crippen MR) is 84.8 cm³/mol. The quantitative estimate of drug-likeness (QED) is 0.923. The third kappa shape index (κ3) is 4.51. The fraction of sp³-hybridized carbons (Fsp3) is 0.533. The zero-order chi connectivity index (χ0) is 14.5. The van der Waals surface area contributed by atoms with E-state index in [1.165, 1.54) is 0 Å². The lowest BCUT2D eigenvalue weighted by molar-refractivity contribution is 0.0735. The molecule has 0 bridgehead atoms. The molecule has 0 radical (unpaired) electrons. The number of halogens is 1. The molecule has 118 valence electrons. The molecule has 5 nitrogen and oxygen atoms in total. The third-order valence-corrected chi connectivity index (χ3v) is 3.18.